The number of hydrogen-bond acceptors (Lipinski definition) is 4. The van der Waals surface area contributed by atoms with E-state index in [2.05, 4.69) is 10.3 Å². The molecular weight excluding hydrogens is 317 g/mol. The molecule has 2 heterocycles. The Kier molecular flexibility index (Phi) is 4.38. The molecule has 1 aromatic rings. The predicted molar refractivity (Wildman–Crippen MR) is 75.1 cm³/mol. The summed E-state index contributed by atoms with van der Waals surface area (Å²) in [6.45, 7) is 2.24. The molecule has 7 nitrogen and oxygen atoms in total. The molecule has 0 radical (unpaired) electrons. The minimum Gasteiger partial charge on any atom is -0.359 e. The lowest BCUT2D eigenvalue weighted by Crippen LogP contribution is -2.59. The Balaban J connectivity index is 2.18. The molecule has 2 amide bonds. The van der Waals surface area contributed by atoms with Gasteiger partial charge < -0.3 is 14.2 Å². The lowest BCUT2D eigenvalue weighted by molar-refractivity contribution is -0.267. The number of aryl methyl sites for hydroxylation is 1. The summed E-state index contributed by atoms with van der Waals surface area (Å²) in [6, 6.07) is -0.827. The molecule has 2 rings (SSSR count). The van der Waals surface area contributed by atoms with Crippen LogP contribution in [0.2, 0.25) is 0 Å². The van der Waals surface area contributed by atoms with Crippen LogP contribution in [0.4, 0.5) is 23.8 Å². The van der Waals surface area contributed by atoms with Gasteiger partial charge >= 0.3 is 12.2 Å². The molecule has 1 N–H and O–H groups in total. The summed E-state index contributed by atoms with van der Waals surface area (Å²) in [6.07, 6.45) is -3.96. The fraction of sp³-hybridized carbons (Fsp3) is 0.615. The Morgan fingerprint density at radius 1 is 1.48 bits per heavy atom. The van der Waals surface area contributed by atoms with Crippen molar-refractivity contribution in [1.29, 1.82) is 0 Å². The van der Waals surface area contributed by atoms with Crippen molar-refractivity contribution in [3.05, 3.63) is 22.7 Å². The van der Waals surface area contributed by atoms with Crippen molar-refractivity contribution in [2.45, 2.75) is 31.7 Å². The summed E-state index contributed by atoms with van der Waals surface area (Å²) in [5.41, 5.74) is -1.72. The van der Waals surface area contributed by atoms with E-state index >= 15 is 0 Å². The quantitative estimate of drug-likeness (QED) is 0.841. The normalized spacial score (nSPS) is 21.1. The van der Waals surface area contributed by atoms with E-state index in [1.807, 2.05) is 0 Å². The number of nitrogens with zero attached hydrogens (tertiary/aromatic N) is 3. The number of morpholine rings is 1. The van der Waals surface area contributed by atoms with Gasteiger partial charge in [0.05, 0.1) is 18.7 Å². The van der Waals surface area contributed by atoms with Crippen LogP contribution in [0, 0.1) is 0 Å². The second-order valence-corrected chi connectivity index (χ2v) is 5.91. The van der Waals surface area contributed by atoms with Crippen molar-refractivity contribution >= 4 is 11.8 Å². The minimum absolute atomic E-state index is 0.0431. The van der Waals surface area contributed by atoms with Crippen LogP contribution in [0.15, 0.2) is 17.2 Å². The Hall–Kier alpha value is -2.10. The summed E-state index contributed by atoms with van der Waals surface area (Å²) in [5.74, 6) is -0.243. The van der Waals surface area contributed by atoms with Gasteiger partial charge in [-0.1, -0.05) is 0 Å². The van der Waals surface area contributed by atoms with Crippen LogP contribution in [0.3, 0.4) is 0 Å². The second-order valence-electron chi connectivity index (χ2n) is 5.91. The molecule has 1 aliphatic rings. The number of halogens is 3. The van der Waals surface area contributed by atoms with Gasteiger partial charge in [0.25, 0.3) is 5.56 Å². The van der Waals surface area contributed by atoms with E-state index in [0.29, 0.717) is 0 Å². The first-order valence-corrected chi connectivity index (χ1v) is 6.82. The van der Waals surface area contributed by atoms with Gasteiger partial charge in [0, 0.05) is 19.4 Å². The van der Waals surface area contributed by atoms with Crippen LogP contribution >= 0.6 is 0 Å². The molecule has 1 aromatic heterocycles. The Bertz CT molecular complexity index is 657. The van der Waals surface area contributed by atoms with Crippen LogP contribution in [-0.4, -0.2) is 51.5 Å². The van der Waals surface area contributed by atoms with Gasteiger partial charge in [0.2, 0.25) is 5.82 Å². The van der Waals surface area contributed by atoms with Gasteiger partial charge in [0.15, 0.2) is 6.10 Å². The van der Waals surface area contributed by atoms with Gasteiger partial charge in [-0.25, -0.2) is 9.78 Å². The monoisotopic (exact) mass is 334 g/mol. The van der Waals surface area contributed by atoms with Crippen LogP contribution in [0.5, 0.6) is 0 Å². The average molecular weight is 334 g/mol. The Labute approximate surface area is 130 Å². The fourth-order valence-corrected chi connectivity index (χ4v) is 2.27. The van der Waals surface area contributed by atoms with Crippen molar-refractivity contribution in [2.24, 2.45) is 7.05 Å². The van der Waals surface area contributed by atoms with Crippen LogP contribution in [0.1, 0.15) is 13.8 Å². The molecule has 0 bridgehead atoms. The molecule has 1 fully saturated rings. The first-order valence-electron chi connectivity index (χ1n) is 6.82. The van der Waals surface area contributed by atoms with Gasteiger partial charge in [-0.15, -0.1) is 0 Å². The summed E-state index contributed by atoms with van der Waals surface area (Å²) in [7, 11) is 1.47. The molecule has 0 aliphatic carbocycles. The highest BCUT2D eigenvalue weighted by Gasteiger charge is 2.49. The molecule has 1 aliphatic heterocycles. The standard InChI is InChI=1S/C13H17F3N4O3/c1-12(2)7-20(6-8(23-12)13(14,15)16)11(22)18-9-10(21)19(3)5-4-17-9/h4-5,8H,6-7H2,1-3H3,(H,17,18,22)/t8-/m0/s1. The van der Waals surface area contributed by atoms with E-state index in [-0.39, 0.29) is 12.4 Å². The number of alkyl halides is 3. The van der Waals surface area contributed by atoms with Crippen molar-refractivity contribution < 1.29 is 22.7 Å². The third-order valence-corrected chi connectivity index (χ3v) is 3.31. The smallest absolute Gasteiger partial charge is 0.359 e. The van der Waals surface area contributed by atoms with Crippen molar-refractivity contribution in [1.82, 2.24) is 14.5 Å². The number of carbonyl (C=O) groups excluding carboxylic acids is 1. The second kappa shape index (κ2) is 5.84. The molecule has 0 aromatic carbocycles. The molecule has 10 heteroatoms. The maximum Gasteiger partial charge on any atom is 0.416 e. The Morgan fingerprint density at radius 2 is 2.13 bits per heavy atom. The number of anilines is 1. The molecular formula is C13H17F3N4O3. The number of aromatic nitrogens is 2. The molecule has 128 valence electrons. The van der Waals surface area contributed by atoms with Crippen LogP contribution < -0.4 is 10.9 Å². The third kappa shape index (κ3) is 4.01. The molecule has 1 saturated heterocycles. The lowest BCUT2D eigenvalue weighted by Gasteiger charge is -2.42. The zero-order valence-corrected chi connectivity index (χ0v) is 12.8. The number of carbonyl (C=O) groups is 1. The van der Waals surface area contributed by atoms with Crippen molar-refractivity contribution in [3.63, 3.8) is 0 Å². The zero-order valence-electron chi connectivity index (χ0n) is 12.8. The summed E-state index contributed by atoms with van der Waals surface area (Å²) in [5, 5.41) is 2.25. The van der Waals surface area contributed by atoms with Crippen LogP contribution in [-0.2, 0) is 11.8 Å². The zero-order chi connectivity index (χ0) is 17.4. The Morgan fingerprint density at radius 3 is 2.74 bits per heavy atom. The van der Waals surface area contributed by atoms with Crippen molar-refractivity contribution in [2.75, 3.05) is 18.4 Å². The SMILES string of the molecule is Cn1ccnc(NC(=O)N2C[C@@H](C(F)(F)F)OC(C)(C)C2)c1=O. The van der Waals surface area contributed by atoms with Gasteiger partial charge in [0.1, 0.15) is 0 Å². The lowest BCUT2D eigenvalue weighted by atomic mass is 10.1. The van der Waals surface area contributed by atoms with E-state index in [4.69, 9.17) is 4.74 Å². The van der Waals surface area contributed by atoms with E-state index < -0.39 is 36.0 Å². The molecule has 0 spiro atoms. The van der Waals surface area contributed by atoms with E-state index in [1.165, 1.54) is 37.9 Å². The topological polar surface area (TPSA) is 76.5 Å². The number of rotatable bonds is 1. The van der Waals surface area contributed by atoms with E-state index in [9.17, 15) is 22.8 Å². The molecule has 23 heavy (non-hydrogen) atoms. The number of amides is 2. The number of hydrogen-bond donors (Lipinski definition) is 1. The van der Waals surface area contributed by atoms with Gasteiger partial charge in [-0.05, 0) is 13.8 Å². The minimum atomic E-state index is -4.59. The van der Waals surface area contributed by atoms with Gasteiger partial charge in [-0.2, -0.15) is 13.2 Å². The number of nitrogens with one attached hydrogen (secondary N) is 1. The van der Waals surface area contributed by atoms with Crippen LogP contribution in [0.25, 0.3) is 0 Å². The van der Waals surface area contributed by atoms with E-state index in [0.717, 1.165) is 4.90 Å². The average Bonchev–Trinajstić information content (AvgIpc) is 2.41. The number of ether oxygens (including phenoxy) is 1. The largest absolute Gasteiger partial charge is 0.416 e. The number of urea groups is 1. The highest BCUT2D eigenvalue weighted by atomic mass is 19.4. The molecule has 1 atom stereocenters. The summed E-state index contributed by atoms with van der Waals surface area (Å²) >= 11 is 0. The molecule has 0 saturated carbocycles. The maximum absolute atomic E-state index is 12.9. The first-order chi connectivity index (χ1) is 10.5. The maximum atomic E-state index is 12.9. The fourth-order valence-electron chi connectivity index (χ4n) is 2.27. The van der Waals surface area contributed by atoms with E-state index in [1.54, 1.807) is 0 Å². The van der Waals surface area contributed by atoms with Crippen molar-refractivity contribution in [3.8, 4) is 0 Å². The third-order valence-electron chi connectivity index (χ3n) is 3.31. The van der Waals surface area contributed by atoms with Gasteiger partial charge in [-0.3, -0.25) is 10.1 Å². The summed E-state index contributed by atoms with van der Waals surface area (Å²) < 4.78 is 44.9. The predicted octanol–water partition coefficient (Wildman–Crippen LogP) is 1.35. The molecule has 0 unspecified atom stereocenters. The first kappa shape index (κ1) is 17.3. The summed E-state index contributed by atoms with van der Waals surface area (Å²) in [4.78, 5) is 28.7. The highest BCUT2D eigenvalue weighted by Crippen LogP contribution is 2.31. The highest BCUT2D eigenvalue weighted by molar-refractivity contribution is 5.88.